The quantitative estimate of drug-likeness (QED) is 0.507. The molecule has 1 aromatic rings. The Morgan fingerprint density at radius 3 is 2.62 bits per heavy atom. The molecule has 0 fully saturated rings. The zero-order chi connectivity index (χ0) is 15.7. The van der Waals surface area contributed by atoms with Crippen molar-refractivity contribution in [2.24, 2.45) is 0 Å². The molecule has 0 spiro atoms. The normalized spacial score (nSPS) is 11.5. The number of anilines is 1. The third-order valence-electron chi connectivity index (χ3n) is 2.88. The first-order valence-electron chi connectivity index (χ1n) is 7.02. The first kappa shape index (κ1) is 17.7. The van der Waals surface area contributed by atoms with Gasteiger partial charge in [0.2, 0.25) is 10.0 Å². The fraction of sp³-hybridized carbons (Fsp3) is 0.571. The summed E-state index contributed by atoms with van der Waals surface area (Å²) in [5.41, 5.74) is 6.07. The number of rotatable bonds is 10. The van der Waals surface area contributed by atoms with E-state index in [1.165, 1.54) is 25.3 Å². The molecule has 3 N–H and O–H groups in total. The Morgan fingerprint density at radius 1 is 1.24 bits per heavy atom. The van der Waals surface area contributed by atoms with E-state index in [1.54, 1.807) is 0 Å². The molecule has 0 aliphatic carbocycles. The van der Waals surface area contributed by atoms with Crippen molar-refractivity contribution in [3.05, 3.63) is 18.2 Å². The molecular weight excluding hydrogens is 292 g/mol. The lowest BCUT2D eigenvalue weighted by atomic mass is 10.3. The number of sulfonamides is 1. The van der Waals surface area contributed by atoms with Gasteiger partial charge in [0.1, 0.15) is 10.6 Å². The summed E-state index contributed by atoms with van der Waals surface area (Å²) >= 11 is 0. The van der Waals surface area contributed by atoms with Gasteiger partial charge in [-0.1, -0.05) is 13.3 Å². The Bertz CT molecular complexity index is 532. The van der Waals surface area contributed by atoms with Crippen LogP contribution in [0, 0.1) is 0 Å². The van der Waals surface area contributed by atoms with Gasteiger partial charge in [0.05, 0.1) is 7.11 Å². The van der Waals surface area contributed by atoms with Gasteiger partial charge in [0, 0.05) is 31.5 Å². The lowest BCUT2D eigenvalue weighted by Crippen LogP contribution is -2.26. The number of ether oxygens (including phenoxy) is 2. The van der Waals surface area contributed by atoms with Crippen molar-refractivity contribution in [2.75, 3.05) is 32.6 Å². The average molecular weight is 316 g/mol. The third kappa shape index (κ3) is 5.91. The van der Waals surface area contributed by atoms with E-state index in [4.69, 9.17) is 15.2 Å². The fourth-order valence-electron chi connectivity index (χ4n) is 1.71. The molecule has 0 atom stereocenters. The van der Waals surface area contributed by atoms with Gasteiger partial charge >= 0.3 is 0 Å². The summed E-state index contributed by atoms with van der Waals surface area (Å²) in [6.07, 6.45) is 2.73. The van der Waals surface area contributed by atoms with Crippen molar-refractivity contribution in [3.8, 4) is 5.75 Å². The number of benzene rings is 1. The molecule has 21 heavy (non-hydrogen) atoms. The second-order valence-electron chi connectivity index (χ2n) is 4.63. The van der Waals surface area contributed by atoms with Crippen molar-refractivity contribution in [1.82, 2.24) is 4.72 Å². The Morgan fingerprint density at radius 2 is 1.95 bits per heavy atom. The van der Waals surface area contributed by atoms with Crippen LogP contribution in [0.15, 0.2) is 23.1 Å². The van der Waals surface area contributed by atoms with Crippen molar-refractivity contribution < 1.29 is 17.9 Å². The summed E-state index contributed by atoms with van der Waals surface area (Å²) in [5, 5.41) is 0. The number of methoxy groups -OCH3 is 1. The summed E-state index contributed by atoms with van der Waals surface area (Å²) in [6.45, 7) is 3.68. The maximum Gasteiger partial charge on any atom is 0.244 e. The van der Waals surface area contributed by atoms with E-state index in [1.807, 2.05) is 0 Å². The standard InChI is InChI=1S/C14H24N2O4S/c1-3-4-9-20-10-5-8-16-21(17,18)14-7-6-12(15)11-13(14)19-2/h6-7,11,16H,3-5,8-10,15H2,1-2H3. The van der Waals surface area contributed by atoms with E-state index in [9.17, 15) is 8.42 Å². The summed E-state index contributed by atoms with van der Waals surface area (Å²) in [4.78, 5) is 0.0890. The second-order valence-corrected chi connectivity index (χ2v) is 6.36. The number of hydrogen-bond acceptors (Lipinski definition) is 5. The molecule has 0 aliphatic rings. The first-order valence-corrected chi connectivity index (χ1v) is 8.50. The van der Waals surface area contributed by atoms with Gasteiger partial charge in [-0.05, 0) is 25.0 Å². The molecule has 0 heterocycles. The van der Waals surface area contributed by atoms with E-state index in [2.05, 4.69) is 11.6 Å². The lowest BCUT2D eigenvalue weighted by Gasteiger charge is -2.11. The molecule has 0 aromatic heterocycles. The summed E-state index contributed by atoms with van der Waals surface area (Å²) in [6, 6.07) is 4.46. The van der Waals surface area contributed by atoms with Crippen LogP contribution in [-0.4, -0.2) is 35.3 Å². The van der Waals surface area contributed by atoms with Gasteiger partial charge in [-0.25, -0.2) is 13.1 Å². The topological polar surface area (TPSA) is 90.7 Å². The van der Waals surface area contributed by atoms with Gasteiger partial charge in [-0.15, -0.1) is 0 Å². The number of nitrogen functional groups attached to an aromatic ring is 1. The SMILES string of the molecule is CCCCOCCCNS(=O)(=O)c1ccc(N)cc1OC. The number of hydrogen-bond donors (Lipinski definition) is 2. The van der Waals surface area contributed by atoms with Crippen LogP contribution < -0.4 is 15.2 Å². The van der Waals surface area contributed by atoms with Crippen LogP contribution in [0.3, 0.4) is 0 Å². The molecule has 120 valence electrons. The highest BCUT2D eigenvalue weighted by atomic mass is 32.2. The molecule has 0 saturated heterocycles. The largest absolute Gasteiger partial charge is 0.495 e. The van der Waals surface area contributed by atoms with Gasteiger partial charge in [0.25, 0.3) is 0 Å². The minimum absolute atomic E-state index is 0.0890. The third-order valence-corrected chi connectivity index (χ3v) is 4.38. The highest BCUT2D eigenvalue weighted by Crippen LogP contribution is 2.25. The van der Waals surface area contributed by atoms with Crippen molar-refractivity contribution >= 4 is 15.7 Å². The fourth-order valence-corrected chi connectivity index (χ4v) is 2.94. The first-order chi connectivity index (χ1) is 10.0. The molecule has 0 radical (unpaired) electrons. The number of unbranched alkanes of at least 4 members (excludes halogenated alkanes) is 1. The maximum absolute atomic E-state index is 12.2. The number of nitrogens with two attached hydrogens (primary N) is 1. The van der Waals surface area contributed by atoms with E-state index in [-0.39, 0.29) is 10.6 Å². The molecule has 0 saturated carbocycles. The zero-order valence-corrected chi connectivity index (χ0v) is 13.4. The molecule has 6 nitrogen and oxygen atoms in total. The van der Waals surface area contributed by atoms with Crippen LogP contribution in [0.5, 0.6) is 5.75 Å². The van der Waals surface area contributed by atoms with Crippen LogP contribution >= 0.6 is 0 Å². The summed E-state index contributed by atoms with van der Waals surface area (Å²) in [7, 11) is -2.19. The Balaban J connectivity index is 2.50. The monoisotopic (exact) mass is 316 g/mol. The molecule has 0 aliphatic heterocycles. The molecule has 7 heteroatoms. The molecule has 1 rings (SSSR count). The van der Waals surface area contributed by atoms with Crippen LogP contribution in [0.25, 0.3) is 0 Å². The minimum Gasteiger partial charge on any atom is -0.495 e. The summed E-state index contributed by atoms with van der Waals surface area (Å²) < 4.78 is 37.3. The smallest absolute Gasteiger partial charge is 0.244 e. The highest BCUT2D eigenvalue weighted by molar-refractivity contribution is 7.89. The molecule has 0 bridgehead atoms. The van der Waals surface area contributed by atoms with Crippen LogP contribution in [0.1, 0.15) is 26.2 Å². The zero-order valence-electron chi connectivity index (χ0n) is 12.6. The predicted molar refractivity (Wildman–Crippen MR) is 82.9 cm³/mol. The molecular formula is C14H24N2O4S. The van der Waals surface area contributed by atoms with Crippen LogP contribution in [0.2, 0.25) is 0 Å². The summed E-state index contributed by atoms with van der Waals surface area (Å²) in [5.74, 6) is 0.238. The van der Waals surface area contributed by atoms with Crippen molar-refractivity contribution in [1.29, 1.82) is 0 Å². The van der Waals surface area contributed by atoms with Crippen LogP contribution in [-0.2, 0) is 14.8 Å². The molecule has 0 unspecified atom stereocenters. The molecule has 1 aromatic carbocycles. The average Bonchev–Trinajstić information content (AvgIpc) is 2.45. The Labute approximate surface area is 126 Å². The Hall–Kier alpha value is -1.31. The van der Waals surface area contributed by atoms with E-state index < -0.39 is 10.0 Å². The maximum atomic E-state index is 12.2. The van der Waals surface area contributed by atoms with Gasteiger partial charge < -0.3 is 15.2 Å². The molecule has 0 amide bonds. The van der Waals surface area contributed by atoms with Crippen molar-refractivity contribution in [2.45, 2.75) is 31.1 Å². The second kappa shape index (κ2) is 8.86. The Kier molecular flexibility index (Phi) is 7.49. The predicted octanol–water partition coefficient (Wildman–Crippen LogP) is 1.76. The van der Waals surface area contributed by atoms with Crippen molar-refractivity contribution in [3.63, 3.8) is 0 Å². The van der Waals surface area contributed by atoms with E-state index in [0.29, 0.717) is 25.3 Å². The van der Waals surface area contributed by atoms with Gasteiger partial charge in [0.15, 0.2) is 0 Å². The lowest BCUT2D eigenvalue weighted by molar-refractivity contribution is 0.130. The van der Waals surface area contributed by atoms with Gasteiger partial charge in [-0.3, -0.25) is 0 Å². The van der Waals surface area contributed by atoms with E-state index in [0.717, 1.165) is 19.4 Å². The highest BCUT2D eigenvalue weighted by Gasteiger charge is 2.18. The van der Waals surface area contributed by atoms with Crippen LogP contribution in [0.4, 0.5) is 5.69 Å². The van der Waals surface area contributed by atoms with Gasteiger partial charge in [-0.2, -0.15) is 0 Å². The minimum atomic E-state index is -3.60. The van der Waals surface area contributed by atoms with E-state index >= 15 is 0 Å². The number of nitrogens with one attached hydrogen (secondary N) is 1.